The number of benzene rings is 2. The number of hydrogen-bond donors (Lipinski definition) is 2. The van der Waals surface area contributed by atoms with Crippen LogP contribution in [0.5, 0.6) is 0 Å². The summed E-state index contributed by atoms with van der Waals surface area (Å²) in [5.74, 6) is -1.00. The van der Waals surface area contributed by atoms with Gasteiger partial charge in [0.1, 0.15) is 5.82 Å². The van der Waals surface area contributed by atoms with Gasteiger partial charge in [0.2, 0.25) is 0 Å². The van der Waals surface area contributed by atoms with Gasteiger partial charge in [-0.3, -0.25) is 4.79 Å². The Morgan fingerprint density at radius 1 is 1.14 bits per heavy atom. The summed E-state index contributed by atoms with van der Waals surface area (Å²) < 4.78 is 13.7. The Bertz CT molecular complexity index is 696. The average molecular weight is 299 g/mol. The lowest BCUT2D eigenvalue weighted by Gasteiger charge is -2.22. The molecule has 5 heteroatoms. The lowest BCUT2D eigenvalue weighted by atomic mass is 10.1. The van der Waals surface area contributed by atoms with Gasteiger partial charge < -0.3 is 16.0 Å². The molecule has 2 aromatic carbocycles. The Morgan fingerprint density at radius 3 is 2.59 bits per heavy atom. The summed E-state index contributed by atoms with van der Waals surface area (Å²) in [6.07, 6.45) is 2.26. The lowest BCUT2D eigenvalue weighted by Crippen LogP contribution is -2.21. The van der Waals surface area contributed by atoms with Crippen LogP contribution < -0.4 is 16.0 Å². The topological polar surface area (TPSA) is 58.4 Å². The van der Waals surface area contributed by atoms with Crippen molar-refractivity contribution in [1.29, 1.82) is 0 Å². The van der Waals surface area contributed by atoms with Gasteiger partial charge in [-0.15, -0.1) is 0 Å². The predicted molar refractivity (Wildman–Crippen MR) is 86.7 cm³/mol. The van der Waals surface area contributed by atoms with E-state index in [0.717, 1.165) is 31.6 Å². The van der Waals surface area contributed by atoms with Crippen molar-refractivity contribution in [2.24, 2.45) is 0 Å². The molecule has 3 rings (SSSR count). The van der Waals surface area contributed by atoms with Crippen LogP contribution in [0.3, 0.4) is 0 Å². The van der Waals surface area contributed by atoms with Crippen LogP contribution in [0.4, 0.5) is 21.5 Å². The van der Waals surface area contributed by atoms with Crippen molar-refractivity contribution < 1.29 is 9.18 Å². The smallest absolute Gasteiger partial charge is 0.258 e. The summed E-state index contributed by atoms with van der Waals surface area (Å²) in [6, 6.07) is 11.4. The average Bonchev–Trinajstić information content (AvgIpc) is 3.02. The first-order chi connectivity index (χ1) is 10.6. The normalized spacial score (nSPS) is 14.1. The summed E-state index contributed by atoms with van der Waals surface area (Å²) in [7, 11) is 0. The fourth-order valence-electron chi connectivity index (χ4n) is 2.72. The Labute approximate surface area is 128 Å². The second-order valence-corrected chi connectivity index (χ2v) is 5.40. The van der Waals surface area contributed by atoms with E-state index < -0.39 is 11.7 Å². The molecule has 1 fully saturated rings. The van der Waals surface area contributed by atoms with Crippen molar-refractivity contribution in [1.82, 2.24) is 0 Å². The first-order valence-electron chi connectivity index (χ1n) is 7.35. The van der Waals surface area contributed by atoms with E-state index in [-0.39, 0.29) is 5.56 Å². The molecule has 0 spiro atoms. The van der Waals surface area contributed by atoms with E-state index in [1.807, 2.05) is 12.1 Å². The van der Waals surface area contributed by atoms with Gasteiger partial charge >= 0.3 is 0 Å². The number of nitrogens with two attached hydrogens (primary N) is 1. The monoisotopic (exact) mass is 299 g/mol. The van der Waals surface area contributed by atoms with E-state index in [1.54, 1.807) is 18.2 Å². The molecule has 1 heterocycles. The molecule has 3 N–H and O–H groups in total. The van der Waals surface area contributed by atoms with Crippen molar-refractivity contribution >= 4 is 23.0 Å². The van der Waals surface area contributed by atoms with E-state index in [1.165, 1.54) is 12.1 Å². The number of anilines is 3. The van der Waals surface area contributed by atoms with Crippen molar-refractivity contribution in [3.05, 3.63) is 53.8 Å². The molecule has 0 aliphatic carbocycles. The quantitative estimate of drug-likeness (QED) is 0.855. The molecule has 0 radical (unpaired) electrons. The molecule has 0 bridgehead atoms. The summed E-state index contributed by atoms with van der Waals surface area (Å²) >= 11 is 0. The van der Waals surface area contributed by atoms with Crippen LogP contribution in [-0.2, 0) is 0 Å². The summed E-state index contributed by atoms with van der Waals surface area (Å²) in [6.45, 7) is 1.90. The molecule has 0 atom stereocenters. The van der Waals surface area contributed by atoms with E-state index >= 15 is 0 Å². The molecule has 1 aliphatic heterocycles. The zero-order valence-corrected chi connectivity index (χ0v) is 12.2. The zero-order chi connectivity index (χ0) is 15.5. The van der Waals surface area contributed by atoms with Gasteiger partial charge in [0.05, 0.1) is 16.9 Å². The first kappa shape index (κ1) is 14.4. The van der Waals surface area contributed by atoms with E-state index in [4.69, 9.17) is 5.73 Å². The van der Waals surface area contributed by atoms with Crippen LogP contribution in [0.25, 0.3) is 0 Å². The van der Waals surface area contributed by atoms with Crippen LogP contribution in [0.2, 0.25) is 0 Å². The predicted octanol–water partition coefficient (Wildman–Crippen LogP) is 3.26. The molecular weight excluding hydrogens is 281 g/mol. The van der Waals surface area contributed by atoms with Gasteiger partial charge in [-0.05, 0) is 43.2 Å². The highest BCUT2D eigenvalue weighted by molar-refractivity contribution is 6.06. The van der Waals surface area contributed by atoms with E-state index in [0.29, 0.717) is 11.4 Å². The molecule has 114 valence electrons. The van der Waals surface area contributed by atoms with Gasteiger partial charge in [-0.1, -0.05) is 12.1 Å². The molecule has 1 amide bonds. The van der Waals surface area contributed by atoms with Crippen molar-refractivity contribution in [2.45, 2.75) is 12.8 Å². The van der Waals surface area contributed by atoms with Crippen molar-refractivity contribution in [2.75, 3.05) is 29.0 Å². The molecule has 0 aromatic heterocycles. The van der Waals surface area contributed by atoms with Crippen LogP contribution >= 0.6 is 0 Å². The minimum atomic E-state index is -0.536. The molecule has 1 aliphatic rings. The van der Waals surface area contributed by atoms with Gasteiger partial charge in [0, 0.05) is 18.8 Å². The van der Waals surface area contributed by atoms with Crippen molar-refractivity contribution in [3.63, 3.8) is 0 Å². The number of halogens is 1. The second kappa shape index (κ2) is 6.05. The molecule has 4 nitrogen and oxygen atoms in total. The second-order valence-electron chi connectivity index (χ2n) is 5.40. The maximum absolute atomic E-state index is 13.7. The molecular formula is C17H18FN3O. The maximum atomic E-state index is 13.7. The van der Waals surface area contributed by atoms with Crippen LogP contribution in [-0.4, -0.2) is 19.0 Å². The molecule has 1 saturated heterocycles. The van der Waals surface area contributed by atoms with Crippen LogP contribution in [0.1, 0.15) is 23.2 Å². The largest absolute Gasteiger partial charge is 0.399 e. The van der Waals surface area contributed by atoms with Gasteiger partial charge in [0.15, 0.2) is 0 Å². The Morgan fingerprint density at radius 2 is 1.86 bits per heavy atom. The standard InChI is InChI=1S/C17H18FN3O/c18-14-6-2-1-5-13(14)17(22)20-15-11-12(19)7-8-16(15)21-9-3-4-10-21/h1-2,5-8,11H,3-4,9-10,19H2,(H,20,22). The summed E-state index contributed by atoms with van der Waals surface area (Å²) in [5.41, 5.74) is 7.96. The number of nitrogen functional groups attached to an aromatic ring is 1. The summed E-state index contributed by atoms with van der Waals surface area (Å²) in [4.78, 5) is 14.5. The number of carbonyl (C=O) groups excluding carboxylic acids is 1. The fourth-order valence-corrected chi connectivity index (χ4v) is 2.72. The Balaban J connectivity index is 1.89. The van der Waals surface area contributed by atoms with Crippen LogP contribution in [0, 0.1) is 5.82 Å². The minimum absolute atomic E-state index is 0.0253. The Kier molecular flexibility index (Phi) is 3.96. The Hall–Kier alpha value is -2.56. The van der Waals surface area contributed by atoms with Crippen LogP contribution in [0.15, 0.2) is 42.5 Å². The van der Waals surface area contributed by atoms with Gasteiger partial charge in [0.25, 0.3) is 5.91 Å². The number of carbonyl (C=O) groups is 1. The third kappa shape index (κ3) is 2.88. The maximum Gasteiger partial charge on any atom is 0.258 e. The number of nitrogens with zero attached hydrogens (tertiary/aromatic N) is 1. The highest BCUT2D eigenvalue weighted by Crippen LogP contribution is 2.31. The van der Waals surface area contributed by atoms with E-state index in [9.17, 15) is 9.18 Å². The minimum Gasteiger partial charge on any atom is -0.399 e. The van der Waals surface area contributed by atoms with E-state index in [2.05, 4.69) is 10.2 Å². The number of nitrogens with one attached hydrogen (secondary N) is 1. The van der Waals surface area contributed by atoms with Gasteiger partial charge in [-0.25, -0.2) is 4.39 Å². The number of rotatable bonds is 3. The van der Waals surface area contributed by atoms with Gasteiger partial charge in [-0.2, -0.15) is 0 Å². The number of amides is 1. The lowest BCUT2D eigenvalue weighted by molar-refractivity contribution is 0.102. The highest BCUT2D eigenvalue weighted by atomic mass is 19.1. The molecule has 22 heavy (non-hydrogen) atoms. The SMILES string of the molecule is Nc1ccc(N2CCCC2)c(NC(=O)c2ccccc2F)c1. The molecule has 2 aromatic rings. The molecule has 0 saturated carbocycles. The van der Waals surface area contributed by atoms with Crippen molar-refractivity contribution in [3.8, 4) is 0 Å². The third-order valence-corrected chi connectivity index (χ3v) is 3.83. The molecule has 0 unspecified atom stereocenters. The third-order valence-electron chi connectivity index (χ3n) is 3.83. The summed E-state index contributed by atoms with van der Waals surface area (Å²) in [5, 5.41) is 2.78. The highest BCUT2D eigenvalue weighted by Gasteiger charge is 2.18. The fraction of sp³-hybridized carbons (Fsp3) is 0.235. The zero-order valence-electron chi connectivity index (χ0n) is 12.2. The number of hydrogen-bond acceptors (Lipinski definition) is 3. The first-order valence-corrected chi connectivity index (χ1v) is 7.35.